The Morgan fingerprint density at radius 3 is 2.38 bits per heavy atom. The molecular weight excluding hydrogens is 359 g/mol. The second kappa shape index (κ2) is 8.09. The first kappa shape index (κ1) is 19.6. The molecule has 0 saturated carbocycles. The maximum absolute atomic E-state index is 13.0. The van der Waals surface area contributed by atoms with Crippen molar-refractivity contribution >= 4 is 21.7 Å². The predicted molar refractivity (Wildman–Crippen MR) is 94.7 cm³/mol. The van der Waals surface area contributed by atoms with E-state index in [1.165, 1.54) is 14.0 Å². The minimum Gasteiger partial charge on any atom is -0.355 e. The van der Waals surface area contributed by atoms with E-state index in [1.807, 2.05) is 0 Å². The summed E-state index contributed by atoms with van der Waals surface area (Å²) in [6, 6.07) is 10.9. The van der Waals surface area contributed by atoms with Crippen LogP contribution in [0.2, 0.25) is 0 Å². The first-order chi connectivity index (χ1) is 12.3. The average molecular weight is 378 g/mol. The van der Waals surface area contributed by atoms with Crippen LogP contribution in [0.4, 0.5) is 4.39 Å². The fourth-order valence-corrected chi connectivity index (χ4v) is 3.56. The fraction of sp³-hybridized carbons (Fsp3) is 0.222. The van der Waals surface area contributed by atoms with E-state index in [0.29, 0.717) is 11.1 Å². The Hall–Kier alpha value is -2.74. The van der Waals surface area contributed by atoms with Crippen LogP contribution in [0.1, 0.15) is 22.8 Å². The third kappa shape index (κ3) is 4.45. The van der Waals surface area contributed by atoms with Crippen molar-refractivity contribution in [2.45, 2.75) is 23.6 Å². The molecule has 1 atom stereocenters. The lowest BCUT2D eigenvalue weighted by Gasteiger charge is -2.14. The number of nitrogens with one attached hydrogen (secondary N) is 2. The molecule has 2 aromatic carbocycles. The number of sulfone groups is 1. The highest BCUT2D eigenvalue weighted by Crippen LogP contribution is 2.17. The number of hydrogen-bond acceptors (Lipinski definition) is 4. The molecule has 0 aliphatic rings. The van der Waals surface area contributed by atoms with E-state index in [-0.39, 0.29) is 17.3 Å². The number of halogens is 1. The Balaban J connectivity index is 2.07. The number of benzene rings is 2. The number of hydrogen-bond donors (Lipinski definition) is 2. The molecule has 2 N–H and O–H groups in total. The lowest BCUT2D eigenvalue weighted by molar-refractivity contribution is -0.120. The molecule has 8 heteroatoms. The van der Waals surface area contributed by atoms with Gasteiger partial charge >= 0.3 is 0 Å². The van der Waals surface area contributed by atoms with Gasteiger partial charge < -0.3 is 10.6 Å². The zero-order chi connectivity index (χ0) is 19.3. The Kier molecular flexibility index (Phi) is 6.10. The summed E-state index contributed by atoms with van der Waals surface area (Å²) >= 11 is 0. The van der Waals surface area contributed by atoms with E-state index in [4.69, 9.17) is 0 Å². The van der Waals surface area contributed by atoms with Crippen molar-refractivity contribution in [3.8, 4) is 0 Å². The predicted octanol–water partition coefficient (Wildman–Crippen LogP) is 1.66. The van der Waals surface area contributed by atoms with Gasteiger partial charge in [-0.3, -0.25) is 9.59 Å². The SMILES string of the molecule is CNC(=O)c1cccc(CNC(=O)C(C)S(=O)(=O)c2ccc(F)cc2)c1. The maximum atomic E-state index is 13.0. The summed E-state index contributed by atoms with van der Waals surface area (Å²) in [6.07, 6.45) is 0. The van der Waals surface area contributed by atoms with Gasteiger partial charge in [-0.1, -0.05) is 12.1 Å². The Labute approximate surface area is 151 Å². The zero-order valence-electron chi connectivity index (χ0n) is 14.3. The minimum absolute atomic E-state index is 0.0763. The fourth-order valence-electron chi connectivity index (χ4n) is 2.27. The quantitative estimate of drug-likeness (QED) is 0.748. The van der Waals surface area contributed by atoms with E-state index < -0.39 is 26.8 Å². The van der Waals surface area contributed by atoms with Gasteiger partial charge in [-0.15, -0.1) is 0 Å². The van der Waals surface area contributed by atoms with Crippen LogP contribution in [0.5, 0.6) is 0 Å². The normalized spacial score (nSPS) is 12.3. The van der Waals surface area contributed by atoms with Crippen molar-refractivity contribution in [2.75, 3.05) is 7.05 Å². The Morgan fingerprint density at radius 2 is 1.77 bits per heavy atom. The van der Waals surface area contributed by atoms with E-state index in [0.717, 1.165) is 24.3 Å². The van der Waals surface area contributed by atoms with Gasteiger partial charge in [0.15, 0.2) is 9.84 Å². The molecule has 0 aliphatic carbocycles. The molecule has 2 rings (SSSR count). The molecular formula is C18H19FN2O4S. The molecule has 138 valence electrons. The van der Waals surface area contributed by atoms with Gasteiger partial charge in [-0.2, -0.15) is 0 Å². The molecule has 0 spiro atoms. The van der Waals surface area contributed by atoms with Gasteiger partial charge in [0, 0.05) is 19.2 Å². The van der Waals surface area contributed by atoms with E-state index in [2.05, 4.69) is 10.6 Å². The molecule has 0 aliphatic heterocycles. The van der Waals surface area contributed by atoms with Crippen molar-refractivity contribution in [1.29, 1.82) is 0 Å². The molecule has 6 nitrogen and oxygen atoms in total. The molecule has 0 bridgehead atoms. The number of carbonyl (C=O) groups excluding carboxylic acids is 2. The van der Waals surface area contributed by atoms with Crippen LogP contribution >= 0.6 is 0 Å². The molecule has 0 aromatic heterocycles. The van der Waals surface area contributed by atoms with Crippen molar-refractivity contribution in [3.05, 3.63) is 65.5 Å². The third-order valence-corrected chi connectivity index (χ3v) is 5.93. The standard InChI is InChI=1S/C18H19FN2O4S/c1-12(26(24,25)16-8-6-15(19)7-9-16)17(22)21-11-13-4-3-5-14(10-13)18(23)20-2/h3-10,12H,11H2,1-2H3,(H,20,23)(H,21,22). The molecule has 26 heavy (non-hydrogen) atoms. The lowest BCUT2D eigenvalue weighted by Crippen LogP contribution is -2.37. The van der Waals surface area contributed by atoms with Crippen molar-refractivity contribution < 1.29 is 22.4 Å². The number of amides is 2. The molecule has 0 heterocycles. The Bertz CT molecular complexity index is 911. The van der Waals surface area contributed by atoms with Crippen molar-refractivity contribution in [2.24, 2.45) is 0 Å². The van der Waals surface area contributed by atoms with Gasteiger partial charge in [0.25, 0.3) is 5.91 Å². The van der Waals surface area contributed by atoms with Crippen LogP contribution in [-0.2, 0) is 21.2 Å². The minimum atomic E-state index is -3.93. The summed E-state index contributed by atoms with van der Waals surface area (Å²) in [6.45, 7) is 1.35. The highest BCUT2D eigenvalue weighted by atomic mass is 32.2. The molecule has 1 unspecified atom stereocenters. The largest absolute Gasteiger partial charge is 0.355 e. The van der Waals surface area contributed by atoms with Gasteiger partial charge in [0.2, 0.25) is 5.91 Å². The smallest absolute Gasteiger partial charge is 0.251 e. The monoisotopic (exact) mass is 378 g/mol. The molecule has 2 amide bonds. The van der Waals surface area contributed by atoms with Crippen LogP contribution in [-0.4, -0.2) is 32.5 Å². The van der Waals surface area contributed by atoms with Crippen LogP contribution < -0.4 is 10.6 Å². The summed E-state index contributed by atoms with van der Waals surface area (Å²) in [5.74, 6) is -1.50. The van der Waals surface area contributed by atoms with Gasteiger partial charge in [-0.05, 0) is 48.9 Å². The van der Waals surface area contributed by atoms with Crippen LogP contribution in [0.15, 0.2) is 53.4 Å². The van der Waals surface area contributed by atoms with E-state index >= 15 is 0 Å². The topological polar surface area (TPSA) is 92.3 Å². The summed E-state index contributed by atoms with van der Waals surface area (Å²) in [5.41, 5.74) is 1.09. The third-order valence-electron chi connectivity index (χ3n) is 3.86. The summed E-state index contributed by atoms with van der Waals surface area (Å²) in [4.78, 5) is 23.7. The summed E-state index contributed by atoms with van der Waals surface area (Å²) < 4.78 is 37.8. The highest BCUT2D eigenvalue weighted by Gasteiger charge is 2.29. The summed E-state index contributed by atoms with van der Waals surface area (Å²) in [7, 11) is -2.42. The van der Waals surface area contributed by atoms with E-state index in [1.54, 1.807) is 24.3 Å². The van der Waals surface area contributed by atoms with Crippen LogP contribution in [0.25, 0.3) is 0 Å². The lowest BCUT2D eigenvalue weighted by atomic mass is 10.1. The second-order valence-corrected chi connectivity index (χ2v) is 7.91. The van der Waals surface area contributed by atoms with Crippen LogP contribution in [0.3, 0.4) is 0 Å². The zero-order valence-corrected chi connectivity index (χ0v) is 15.1. The molecule has 0 saturated heterocycles. The second-order valence-electron chi connectivity index (χ2n) is 5.64. The first-order valence-corrected chi connectivity index (χ1v) is 9.38. The van der Waals surface area contributed by atoms with Gasteiger partial charge in [-0.25, -0.2) is 12.8 Å². The van der Waals surface area contributed by atoms with Crippen molar-refractivity contribution in [1.82, 2.24) is 10.6 Å². The summed E-state index contributed by atoms with van der Waals surface area (Å²) in [5, 5.41) is 3.71. The number of carbonyl (C=O) groups is 2. The molecule has 2 aromatic rings. The van der Waals surface area contributed by atoms with Gasteiger partial charge in [0.1, 0.15) is 11.1 Å². The molecule has 0 radical (unpaired) electrons. The van der Waals surface area contributed by atoms with Crippen LogP contribution in [0, 0.1) is 5.82 Å². The van der Waals surface area contributed by atoms with E-state index in [9.17, 15) is 22.4 Å². The maximum Gasteiger partial charge on any atom is 0.251 e. The first-order valence-electron chi connectivity index (χ1n) is 7.84. The molecule has 0 fully saturated rings. The Morgan fingerprint density at radius 1 is 1.12 bits per heavy atom. The highest BCUT2D eigenvalue weighted by molar-refractivity contribution is 7.92. The van der Waals surface area contributed by atoms with Gasteiger partial charge in [0.05, 0.1) is 4.90 Å². The van der Waals surface area contributed by atoms with Crippen molar-refractivity contribution in [3.63, 3.8) is 0 Å². The number of rotatable bonds is 6. The average Bonchev–Trinajstić information content (AvgIpc) is 2.65.